The summed E-state index contributed by atoms with van der Waals surface area (Å²) in [6.07, 6.45) is 3.05. The number of nitrogens with one attached hydrogen (secondary N) is 1. The number of rotatable bonds is 6. The Morgan fingerprint density at radius 3 is 2.43 bits per heavy atom. The standard InChI is InChI=1S/C20H26N2O/c1-4-18(22(5-2)6-3)20(23)21-17-13-12-15-11-10-14-8-7-9-16(17)19(14)15/h7-9,12-13,18H,4-6,10-11H2,1-3H3,(H,21,23). The second-order valence-electron chi connectivity index (χ2n) is 6.25. The molecule has 0 spiro atoms. The fourth-order valence-electron chi connectivity index (χ4n) is 3.85. The molecule has 0 aromatic heterocycles. The normalized spacial score (nSPS) is 14.4. The Bertz CT molecular complexity index is 709. The third-order valence-electron chi connectivity index (χ3n) is 5.08. The van der Waals surface area contributed by atoms with E-state index in [2.05, 4.69) is 61.3 Å². The molecule has 0 radical (unpaired) electrons. The van der Waals surface area contributed by atoms with Crippen LogP contribution < -0.4 is 5.32 Å². The SMILES string of the molecule is CCC(C(=O)Nc1ccc2c3c(cccc13)CC2)N(CC)CC. The number of aryl methyl sites for hydroxylation is 2. The van der Waals surface area contributed by atoms with Crippen molar-refractivity contribution in [2.45, 2.75) is 46.1 Å². The van der Waals surface area contributed by atoms with Gasteiger partial charge in [0.2, 0.25) is 5.91 Å². The number of anilines is 1. The van der Waals surface area contributed by atoms with E-state index >= 15 is 0 Å². The van der Waals surface area contributed by atoms with Crippen LogP contribution in [0.3, 0.4) is 0 Å². The summed E-state index contributed by atoms with van der Waals surface area (Å²) in [7, 11) is 0. The Kier molecular flexibility index (Phi) is 4.67. The number of carbonyl (C=O) groups excluding carboxylic acids is 1. The van der Waals surface area contributed by atoms with E-state index in [0.29, 0.717) is 0 Å². The molecule has 1 aliphatic carbocycles. The van der Waals surface area contributed by atoms with Crippen LogP contribution in [0.25, 0.3) is 10.8 Å². The van der Waals surface area contributed by atoms with E-state index in [1.807, 2.05) is 0 Å². The van der Waals surface area contributed by atoms with Crippen LogP contribution in [0, 0.1) is 0 Å². The number of benzene rings is 2. The molecule has 0 fully saturated rings. The second kappa shape index (κ2) is 6.71. The Balaban J connectivity index is 1.92. The fraction of sp³-hybridized carbons (Fsp3) is 0.450. The van der Waals surface area contributed by atoms with Crippen LogP contribution >= 0.6 is 0 Å². The van der Waals surface area contributed by atoms with Crippen LogP contribution in [0.5, 0.6) is 0 Å². The quantitative estimate of drug-likeness (QED) is 0.874. The van der Waals surface area contributed by atoms with E-state index in [4.69, 9.17) is 0 Å². The molecule has 2 aromatic carbocycles. The molecule has 3 nitrogen and oxygen atoms in total. The highest BCUT2D eigenvalue weighted by molar-refractivity contribution is 6.06. The minimum Gasteiger partial charge on any atom is -0.324 e. The van der Waals surface area contributed by atoms with E-state index in [9.17, 15) is 4.79 Å². The molecule has 0 saturated carbocycles. The monoisotopic (exact) mass is 310 g/mol. The van der Waals surface area contributed by atoms with Crippen molar-refractivity contribution in [1.29, 1.82) is 0 Å². The first kappa shape index (κ1) is 16.0. The maximum atomic E-state index is 12.8. The van der Waals surface area contributed by atoms with Crippen molar-refractivity contribution in [1.82, 2.24) is 4.90 Å². The Morgan fingerprint density at radius 1 is 1.09 bits per heavy atom. The Labute approximate surface area is 138 Å². The van der Waals surface area contributed by atoms with Crippen molar-refractivity contribution in [2.75, 3.05) is 18.4 Å². The number of nitrogens with zero attached hydrogens (tertiary/aromatic N) is 1. The van der Waals surface area contributed by atoms with Gasteiger partial charge in [0.15, 0.2) is 0 Å². The molecular weight excluding hydrogens is 284 g/mol. The van der Waals surface area contributed by atoms with Gasteiger partial charge in [0, 0.05) is 11.1 Å². The summed E-state index contributed by atoms with van der Waals surface area (Å²) in [5, 5.41) is 5.72. The van der Waals surface area contributed by atoms with Gasteiger partial charge < -0.3 is 5.32 Å². The average molecular weight is 310 g/mol. The predicted molar refractivity (Wildman–Crippen MR) is 97.0 cm³/mol. The largest absolute Gasteiger partial charge is 0.324 e. The van der Waals surface area contributed by atoms with Crippen molar-refractivity contribution in [3.63, 3.8) is 0 Å². The molecule has 23 heavy (non-hydrogen) atoms. The zero-order valence-electron chi connectivity index (χ0n) is 14.4. The van der Waals surface area contributed by atoms with Crippen molar-refractivity contribution >= 4 is 22.4 Å². The molecule has 3 rings (SSSR count). The highest BCUT2D eigenvalue weighted by Crippen LogP contribution is 2.35. The van der Waals surface area contributed by atoms with Crippen molar-refractivity contribution < 1.29 is 4.79 Å². The third kappa shape index (κ3) is 2.86. The van der Waals surface area contributed by atoms with E-state index in [1.165, 1.54) is 21.9 Å². The smallest absolute Gasteiger partial charge is 0.241 e. The summed E-state index contributed by atoms with van der Waals surface area (Å²) in [6.45, 7) is 8.09. The van der Waals surface area contributed by atoms with Gasteiger partial charge in [0.05, 0.1) is 6.04 Å². The molecule has 3 heteroatoms. The van der Waals surface area contributed by atoms with Crippen molar-refractivity contribution in [3.05, 3.63) is 41.5 Å². The molecule has 1 N–H and O–H groups in total. The average Bonchev–Trinajstić information content (AvgIpc) is 2.99. The molecule has 0 bridgehead atoms. The minimum absolute atomic E-state index is 0.0620. The first-order valence-corrected chi connectivity index (χ1v) is 8.77. The van der Waals surface area contributed by atoms with Crippen LogP contribution in [0.15, 0.2) is 30.3 Å². The van der Waals surface area contributed by atoms with Gasteiger partial charge in [-0.25, -0.2) is 0 Å². The van der Waals surface area contributed by atoms with E-state index in [0.717, 1.165) is 38.0 Å². The highest BCUT2D eigenvalue weighted by atomic mass is 16.2. The molecule has 122 valence electrons. The van der Waals surface area contributed by atoms with E-state index < -0.39 is 0 Å². The molecule has 1 atom stereocenters. The van der Waals surface area contributed by atoms with Crippen LogP contribution in [-0.2, 0) is 17.6 Å². The van der Waals surface area contributed by atoms with Crippen LogP contribution in [0.4, 0.5) is 5.69 Å². The first-order valence-electron chi connectivity index (χ1n) is 8.77. The van der Waals surface area contributed by atoms with Gasteiger partial charge >= 0.3 is 0 Å². The van der Waals surface area contributed by atoms with Gasteiger partial charge in [-0.15, -0.1) is 0 Å². The summed E-state index contributed by atoms with van der Waals surface area (Å²) < 4.78 is 0. The van der Waals surface area contributed by atoms with Crippen molar-refractivity contribution in [3.8, 4) is 0 Å². The summed E-state index contributed by atoms with van der Waals surface area (Å²) >= 11 is 0. The van der Waals surface area contributed by atoms with Crippen LogP contribution in [-0.4, -0.2) is 29.9 Å². The minimum atomic E-state index is -0.0620. The lowest BCUT2D eigenvalue weighted by atomic mass is 10.0. The lowest BCUT2D eigenvalue weighted by Crippen LogP contribution is -2.43. The van der Waals surface area contributed by atoms with Gasteiger partial charge in [-0.1, -0.05) is 45.0 Å². The molecular formula is C20H26N2O. The van der Waals surface area contributed by atoms with E-state index in [-0.39, 0.29) is 11.9 Å². The Hall–Kier alpha value is -1.87. The van der Waals surface area contributed by atoms with Gasteiger partial charge in [-0.05, 0) is 54.9 Å². The lowest BCUT2D eigenvalue weighted by Gasteiger charge is -2.27. The summed E-state index contributed by atoms with van der Waals surface area (Å²) in [5.74, 6) is 0.106. The zero-order valence-corrected chi connectivity index (χ0v) is 14.4. The number of likely N-dealkylation sites (N-methyl/N-ethyl adjacent to an activating group) is 1. The summed E-state index contributed by atoms with van der Waals surface area (Å²) in [4.78, 5) is 15.0. The number of hydrogen-bond donors (Lipinski definition) is 1. The number of amides is 1. The molecule has 1 aliphatic rings. The maximum absolute atomic E-state index is 12.8. The molecule has 1 unspecified atom stereocenters. The van der Waals surface area contributed by atoms with Crippen molar-refractivity contribution in [2.24, 2.45) is 0 Å². The maximum Gasteiger partial charge on any atom is 0.241 e. The van der Waals surface area contributed by atoms with Gasteiger partial charge in [-0.3, -0.25) is 9.69 Å². The molecule has 0 aliphatic heterocycles. The zero-order chi connectivity index (χ0) is 16.4. The Morgan fingerprint density at radius 2 is 1.78 bits per heavy atom. The van der Waals surface area contributed by atoms with Gasteiger partial charge in [0.1, 0.15) is 0 Å². The highest BCUT2D eigenvalue weighted by Gasteiger charge is 2.23. The third-order valence-corrected chi connectivity index (χ3v) is 5.08. The molecule has 2 aromatic rings. The first-order chi connectivity index (χ1) is 11.2. The van der Waals surface area contributed by atoms with Gasteiger partial charge in [-0.2, -0.15) is 0 Å². The summed E-state index contributed by atoms with van der Waals surface area (Å²) in [6, 6.07) is 10.6. The van der Waals surface area contributed by atoms with E-state index in [1.54, 1.807) is 0 Å². The topological polar surface area (TPSA) is 32.3 Å². The van der Waals surface area contributed by atoms with Crippen LogP contribution in [0.1, 0.15) is 38.3 Å². The summed E-state index contributed by atoms with van der Waals surface area (Å²) in [5.41, 5.74) is 3.76. The predicted octanol–water partition coefficient (Wildman–Crippen LogP) is 4.00. The molecule has 1 amide bonds. The molecule has 0 heterocycles. The van der Waals surface area contributed by atoms with Crippen LogP contribution in [0.2, 0.25) is 0 Å². The second-order valence-corrected chi connectivity index (χ2v) is 6.25. The number of carbonyl (C=O) groups is 1. The molecule has 0 saturated heterocycles. The number of hydrogen-bond acceptors (Lipinski definition) is 2. The lowest BCUT2D eigenvalue weighted by molar-refractivity contribution is -0.121. The fourth-order valence-corrected chi connectivity index (χ4v) is 3.85. The van der Waals surface area contributed by atoms with Gasteiger partial charge in [0.25, 0.3) is 0 Å².